The Labute approximate surface area is 84.4 Å². The van der Waals surface area contributed by atoms with Gasteiger partial charge in [-0.25, -0.2) is 0 Å². The summed E-state index contributed by atoms with van der Waals surface area (Å²) in [6.07, 6.45) is 6.34. The number of hydrogen-bond donors (Lipinski definition) is 0. The molecule has 14 heavy (non-hydrogen) atoms. The molecule has 1 heteroatoms. The van der Waals surface area contributed by atoms with Crippen LogP contribution in [0.25, 0.3) is 11.8 Å². The Morgan fingerprint density at radius 2 is 2.00 bits per heavy atom. The highest BCUT2D eigenvalue weighted by Gasteiger charge is 2.16. The highest BCUT2D eigenvalue weighted by Crippen LogP contribution is 2.20. The Hall–Kier alpha value is -1.24. The summed E-state index contributed by atoms with van der Waals surface area (Å²) in [5, 5.41) is 2.90. The molecule has 0 radical (unpaired) electrons. The minimum Gasteiger partial charge on any atom is -0.371 e. The molecule has 0 amide bonds. The molecule has 0 saturated carbocycles. The topological polar surface area (TPSA) is 3.24 Å². The molecule has 3 rings (SSSR count). The lowest BCUT2D eigenvalue weighted by Crippen LogP contribution is -2.41. The van der Waals surface area contributed by atoms with Gasteiger partial charge in [-0.3, -0.25) is 0 Å². The maximum Gasteiger partial charge on any atom is 0.0365 e. The summed E-state index contributed by atoms with van der Waals surface area (Å²) < 4.78 is 0. The number of benzene rings is 1. The van der Waals surface area contributed by atoms with Gasteiger partial charge in [-0.2, -0.15) is 0 Å². The van der Waals surface area contributed by atoms with E-state index in [0.717, 1.165) is 6.54 Å². The Balaban J connectivity index is 2.27. The number of rotatable bonds is 0. The van der Waals surface area contributed by atoms with Gasteiger partial charge in [0, 0.05) is 24.0 Å². The molecule has 72 valence electrons. The number of nitrogens with zero attached hydrogens (tertiary/aromatic N) is 1. The number of fused-ring (bicyclic) bond motifs is 2. The van der Waals surface area contributed by atoms with Crippen LogP contribution in [-0.4, -0.2) is 18.0 Å². The SMILES string of the molecule is C1=c2ccccc2=C2CCCCN2C1. The molecule has 0 unspecified atom stereocenters. The summed E-state index contributed by atoms with van der Waals surface area (Å²) in [6, 6.07) is 8.78. The lowest BCUT2D eigenvalue weighted by atomic mass is 10.0. The van der Waals surface area contributed by atoms with Crippen molar-refractivity contribution in [2.45, 2.75) is 19.3 Å². The van der Waals surface area contributed by atoms with Crippen LogP contribution in [0.5, 0.6) is 0 Å². The summed E-state index contributed by atoms with van der Waals surface area (Å²) in [5.74, 6) is 0. The molecular formula is C13H15N. The molecule has 1 aromatic carbocycles. The molecule has 2 aliphatic heterocycles. The molecular weight excluding hydrogens is 170 g/mol. The predicted octanol–water partition coefficient (Wildman–Crippen LogP) is 1.07. The second-order valence-electron chi connectivity index (χ2n) is 4.14. The second kappa shape index (κ2) is 3.16. The minimum absolute atomic E-state index is 1.12. The van der Waals surface area contributed by atoms with Gasteiger partial charge in [-0.1, -0.05) is 30.3 Å². The van der Waals surface area contributed by atoms with Crippen LogP contribution in [0, 0.1) is 0 Å². The quantitative estimate of drug-likeness (QED) is 0.584. The molecule has 1 fully saturated rings. The summed E-state index contributed by atoms with van der Waals surface area (Å²) in [4.78, 5) is 2.53. The van der Waals surface area contributed by atoms with E-state index in [4.69, 9.17) is 0 Å². The Bertz CT molecular complexity index is 458. The maximum absolute atomic E-state index is 2.53. The first-order valence-electron chi connectivity index (χ1n) is 5.48. The van der Waals surface area contributed by atoms with E-state index >= 15 is 0 Å². The summed E-state index contributed by atoms with van der Waals surface area (Å²) >= 11 is 0. The maximum atomic E-state index is 2.53. The third-order valence-corrected chi connectivity index (χ3v) is 3.28. The lowest BCUT2D eigenvalue weighted by molar-refractivity contribution is 0.375. The van der Waals surface area contributed by atoms with E-state index in [9.17, 15) is 0 Å². The lowest BCUT2D eigenvalue weighted by Gasteiger charge is -2.32. The predicted molar refractivity (Wildman–Crippen MR) is 59.0 cm³/mol. The van der Waals surface area contributed by atoms with Gasteiger partial charge in [0.05, 0.1) is 0 Å². The molecule has 0 N–H and O–H groups in total. The molecule has 0 spiro atoms. The Morgan fingerprint density at radius 1 is 1.07 bits per heavy atom. The molecule has 0 aromatic heterocycles. The zero-order chi connectivity index (χ0) is 9.38. The van der Waals surface area contributed by atoms with Crippen molar-refractivity contribution in [2.75, 3.05) is 13.1 Å². The van der Waals surface area contributed by atoms with Crippen LogP contribution in [0.2, 0.25) is 0 Å². The third kappa shape index (κ3) is 1.16. The van der Waals surface area contributed by atoms with Gasteiger partial charge < -0.3 is 4.90 Å². The molecule has 1 nitrogen and oxygen atoms in total. The summed E-state index contributed by atoms with van der Waals surface area (Å²) in [7, 11) is 0. The van der Waals surface area contributed by atoms with Gasteiger partial charge in [0.2, 0.25) is 0 Å². The average Bonchev–Trinajstić information content (AvgIpc) is 2.29. The standard InChI is InChI=1S/C13H15N/c1-2-6-12-11(5-1)8-10-14-9-4-3-7-13(12)14/h1-2,5-6,8H,3-4,7,9-10H2. The number of hydrogen-bond acceptors (Lipinski definition) is 1. The second-order valence-corrected chi connectivity index (χ2v) is 4.14. The third-order valence-electron chi connectivity index (χ3n) is 3.28. The van der Waals surface area contributed by atoms with Crippen LogP contribution in [0.1, 0.15) is 19.3 Å². The normalized spacial score (nSPS) is 19.7. The first-order chi connectivity index (χ1) is 6.95. The van der Waals surface area contributed by atoms with Crippen LogP contribution >= 0.6 is 0 Å². The van der Waals surface area contributed by atoms with Crippen molar-refractivity contribution in [3.63, 3.8) is 0 Å². The highest BCUT2D eigenvalue weighted by atomic mass is 15.1. The molecule has 1 aromatic rings. The van der Waals surface area contributed by atoms with Crippen molar-refractivity contribution in [1.29, 1.82) is 0 Å². The average molecular weight is 185 g/mol. The zero-order valence-corrected chi connectivity index (χ0v) is 8.37. The monoisotopic (exact) mass is 185 g/mol. The van der Waals surface area contributed by atoms with Crippen molar-refractivity contribution in [1.82, 2.24) is 4.90 Å². The van der Waals surface area contributed by atoms with Crippen LogP contribution in [0.4, 0.5) is 0 Å². The van der Waals surface area contributed by atoms with Gasteiger partial charge in [0.25, 0.3) is 0 Å². The first-order valence-corrected chi connectivity index (χ1v) is 5.48. The van der Waals surface area contributed by atoms with E-state index in [1.54, 1.807) is 5.70 Å². The molecule has 0 atom stereocenters. The summed E-state index contributed by atoms with van der Waals surface area (Å²) in [6.45, 7) is 2.37. The van der Waals surface area contributed by atoms with E-state index in [1.165, 1.54) is 36.2 Å². The van der Waals surface area contributed by atoms with Crippen molar-refractivity contribution in [3.8, 4) is 0 Å². The van der Waals surface area contributed by atoms with Gasteiger partial charge in [-0.15, -0.1) is 0 Å². The smallest absolute Gasteiger partial charge is 0.0365 e. The highest BCUT2D eigenvalue weighted by molar-refractivity contribution is 5.51. The van der Waals surface area contributed by atoms with Crippen LogP contribution in [0.3, 0.4) is 0 Å². The van der Waals surface area contributed by atoms with Gasteiger partial charge in [0.15, 0.2) is 0 Å². The minimum atomic E-state index is 1.12. The van der Waals surface area contributed by atoms with E-state index in [2.05, 4.69) is 35.2 Å². The first kappa shape index (κ1) is 8.10. The fourth-order valence-corrected chi connectivity index (χ4v) is 2.54. The molecule has 1 saturated heterocycles. The zero-order valence-electron chi connectivity index (χ0n) is 8.37. The van der Waals surface area contributed by atoms with Gasteiger partial charge in [0.1, 0.15) is 0 Å². The largest absolute Gasteiger partial charge is 0.371 e. The van der Waals surface area contributed by atoms with Crippen LogP contribution < -0.4 is 10.4 Å². The van der Waals surface area contributed by atoms with Gasteiger partial charge in [-0.05, 0) is 24.5 Å². The fourth-order valence-electron chi connectivity index (χ4n) is 2.54. The molecule has 0 bridgehead atoms. The van der Waals surface area contributed by atoms with Crippen LogP contribution in [0.15, 0.2) is 24.3 Å². The van der Waals surface area contributed by atoms with E-state index in [-0.39, 0.29) is 0 Å². The molecule has 2 aliphatic rings. The van der Waals surface area contributed by atoms with Crippen LogP contribution in [-0.2, 0) is 0 Å². The van der Waals surface area contributed by atoms with Gasteiger partial charge >= 0.3 is 0 Å². The Kier molecular flexibility index (Phi) is 1.83. The van der Waals surface area contributed by atoms with Crippen molar-refractivity contribution < 1.29 is 0 Å². The van der Waals surface area contributed by atoms with Crippen molar-refractivity contribution >= 4 is 11.8 Å². The van der Waals surface area contributed by atoms with E-state index in [1.807, 2.05) is 0 Å². The number of piperidine rings is 1. The van der Waals surface area contributed by atoms with E-state index in [0.29, 0.717) is 0 Å². The van der Waals surface area contributed by atoms with Crippen molar-refractivity contribution in [2.24, 2.45) is 0 Å². The summed E-state index contributed by atoms with van der Waals surface area (Å²) in [5.41, 5.74) is 1.58. The fraction of sp³-hybridized carbons (Fsp3) is 0.385. The molecule has 0 aliphatic carbocycles. The Morgan fingerprint density at radius 3 is 3.00 bits per heavy atom. The van der Waals surface area contributed by atoms with E-state index < -0.39 is 0 Å². The molecule has 2 heterocycles. The van der Waals surface area contributed by atoms with Crippen molar-refractivity contribution in [3.05, 3.63) is 34.7 Å².